The van der Waals surface area contributed by atoms with Gasteiger partial charge in [0, 0.05) is 19.1 Å². The zero-order chi connectivity index (χ0) is 18.8. The summed E-state index contributed by atoms with van der Waals surface area (Å²) in [5.74, 6) is 0.156. The fraction of sp³-hybridized carbons (Fsp3) is 0.500. The van der Waals surface area contributed by atoms with Crippen LogP contribution < -0.4 is 5.73 Å². The smallest absolute Gasteiger partial charge is 0.257 e. The van der Waals surface area contributed by atoms with E-state index < -0.39 is 0 Å². The number of amides is 1. The Hall–Kier alpha value is -2.21. The Morgan fingerprint density at radius 3 is 2.58 bits per heavy atom. The number of likely N-dealkylation sites (tertiary alicyclic amines) is 1. The van der Waals surface area contributed by atoms with Gasteiger partial charge in [0.2, 0.25) is 0 Å². The zero-order valence-corrected chi connectivity index (χ0v) is 15.7. The number of hydrogen-bond acceptors (Lipinski definition) is 3. The van der Waals surface area contributed by atoms with Crippen molar-refractivity contribution in [2.24, 2.45) is 11.7 Å². The maximum Gasteiger partial charge on any atom is 0.257 e. The van der Waals surface area contributed by atoms with E-state index in [-0.39, 0.29) is 23.7 Å². The van der Waals surface area contributed by atoms with Crippen LogP contribution in [-0.4, -0.2) is 39.7 Å². The minimum atomic E-state index is -0.293. The Balaban J connectivity index is 1.92. The van der Waals surface area contributed by atoms with Crippen molar-refractivity contribution >= 4 is 5.91 Å². The van der Waals surface area contributed by atoms with E-state index in [1.807, 2.05) is 25.7 Å². The highest BCUT2D eigenvalue weighted by molar-refractivity contribution is 5.95. The number of hydrogen-bond donors (Lipinski definition) is 1. The molecule has 1 aliphatic heterocycles. The highest BCUT2D eigenvalue weighted by atomic mass is 19.1. The van der Waals surface area contributed by atoms with Gasteiger partial charge in [-0.2, -0.15) is 5.10 Å². The van der Waals surface area contributed by atoms with E-state index in [2.05, 4.69) is 5.10 Å². The Morgan fingerprint density at radius 2 is 1.96 bits per heavy atom. The second-order valence-electron chi connectivity index (χ2n) is 7.50. The summed E-state index contributed by atoms with van der Waals surface area (Å²) in [5, 5.41) is 4.43. The monoisotopic (exact) mass is 358 g/mol. The summed E-state index contributed by atoms with van der Waals surface area (Å²) in [6.45, 7) is 7.52. The van der Waals surface area contributed by atoms with Crippen molar-refractivity contribution in [1.29, 1.82) is 0 Å². The van der Waals surface area contributed by atoms with Crippen LogP contribution in [-0.2, 0) is 0 Å². The molecule has 2 unspecified atom stereocenters. The summed E-state index contributed by atoms with van der Waals surface area (Å²) < 4.78 is 15.0. The molecule has 1 aromatic heterocycles. The SMILES string of the molecule is CC(C)c1c(C(=O)N2CCCC(C(C)N)C2)cnn1-c1ccc(F)cc1. The van der Waals surface area contributed by atoms with Gasteiger partial charge in [-0.1, -0.05) is 13.8 Å². The lowest BCUT2D eigenvalue weighted by Gasteiger charge is -2.34. The van der Waals surface area contributed by atoms with E-state index >= 15 is 0 Å². The number of carbonyl (C=O) groups is 1. The third kappa shape index (κ3) is 3.65. The molecular formula is C20H27FN4O. The van der Waals surface area contributed by atoms with Crippen LogP contribution in [0.1, 0.15) is 55.6 Å². The normalized spacial score (nSPS) is 19.0. The summed E-state index contributed by atoms with van der Waals surface area (Å²) in [6, 6.07) is 6.24. The van der Waals surface area contributed by atoms with Crippen molar-refractivity contribution in [3.05, 3.63) is 47.5 Å². The van der Waals surface area contributed by atoms with Crippen LogP contribution in [0.15, 0.2) is 30.5 Å². The summed E-state index contributed by atoms with van der Waals surface area (Å²) in [4.78, 5) is 15.1. The average molecular weight is 358 g/mol. The lowest BCUT2D eigenvalue weighted by molar-refractivity contribution is 0.0659. The average Bonchev–Trinajstić information content (AvgIpc) is 3.07. The van der Waals surface area contributed by atoms with Crippen molar-refractivity contribution in [2.45, 2.75) is 45.6 Å². The predicted molar refractivity (Wildman–Crippen MR) is 99.9 cm³/mol. The molecule has 1 saturated heterocycles. The molecule has 1 fully saturated rings. The molecule has 0 aliphatic carbocycles. The summed E-state index contributed by atoms with van der Waals surface area (Å²) in [6.07, 6.45) is 3.67. The number of nitrogens with zero attached hydrogens (tertiary/aromatic N) is 3. The van der Waals surface area contributed by atoms with Gasteiger partial charge in [-0.25, -0.2) is 9.07 Å². The minimum absolute atomic E-state index is 0.00686. The van der Waals surface area contributed by atoms with Crippen LogP contribution in [0.3, 0.4) is 0 Å². The molecule has 2 atom stereocenters. The molecule has 1 aliphatic rings. The first-order valence-electron chi connectivity index (χ1n) is 9.27. The van der Waals surface area contributed by atoms with Crippen molar-refractivity contribution in [3.63, 3.8) is 0 Å². The number of piperidine rings is 1. The second kappa shape index (κ2) is 7.58. The van der Waals surface area contributed by atoms with E-state index in [1.165, 1.54) is 12.1 Å². The summed E-state index contributed by atoms with van der Waals surface area (Å²) in [7, 11) is 0. The summed E-state index contributed by atoms with van der Waals surface area (Å²) in [5.41, 5.74) is 8.28. The van der Waals surface area contributed by atoms with Crippen LogP contribution in [0.25, 0.3) is 5.69 Å². The van der Waals surface area contributed by atoms with Crippen molar-refractivity contribution in [1.82, 2.24) is 14.7 Å². The number of aromatic nitrogens is 2. The van der Waals surface area contributed by atoms with E-state index in [9.17, 15) is 9.18 Å². The van der Waals surface area contributed by atoms with Crippen LogP contribution >= 0.6 is 0 Å². The van der Waals surface area contributed by atoms with Crippen LogP contribution in [0.4, 0.5) is 4.39 Å². The minimum Gasteiger partial charge on any atom is -0.338 e. The highest BCUT2D eigenvalue weighted by Crippen LogP contribution is 2.26. The van der Waals surface area contributed by atoms with Gasteiger partial charge < -0.3 is 10.6 Å². The largest absolute Gasteiger partial charge is 0.338 e. The molecule has 5 nitrogen and oxygen atoms in total. The molecule has 1 aromatic carbocycles. The molecule has 140 valence electrons. The molecule has 1 amide bonds. The van der Waals surface area contributed by atoms with E-state index in [1.54, 1.807) is 23.0 Å². The molecule has 0 saturated carbocycles. The van der Waals surface area contributed by atoms with Gasteiger partial charge in [-0.15, -0.1) is 0 Å². The first kappa shape index (κ1) is 18.6. The molecule has 2 heterocycles. The standard InChI is InChI=1S/C20H27FN4O/c1-13(2)19-18(11-23-25(19)17-8-6-16(21)7-9-17)20(26)24-10-4-5-15(12-24)14(3)22/h6-9,11,13-15H,4-5,10,12,22H2,1-3H3. The Kier molecular flexibility index (Phi) is 5.41. The molecular weight excluding hydrogens is 331 g/mol. The molecule has 2 N–H and O–H groups in total. The molecule has 0 bridgehead atoms. The van der Waals surface area contributed by atoms with Gasteiger partial charge in [-0.3, -0.25) is 4.79 Å². The van der Waals surface area contributed by atoms with Gasteiger partial charge in [0.15, 0.2) is 0 Å². The van der Waals surface area contributed by atoms with Crippen molar-refractivity contribution in [3.8, 4) is 5.69 Å². The number of benzene rings is 1. The quantitative estimate of drug-likeness (QED) is 0.912. The number of nitrogens with two attached hydrogens (primary N) is 1. The van der Waals surface area contributed by atoms with E-state index in [0.29, 0.717) is 18.0 Å². The van der Waals surface area contributed by atoms with Gasteiger partial charge in [-0.05, 0) is 55.9 Å². The number of rotatable bonds is 4. The number of carbonyl (C=O) groups excluding carboxylic acids is 1. The first-order chi connectivity index (χ1) is 12.4. The van der Waals surface area contributed by atoms with Crippen molar-refractivity contribution in [2.75, 3.05) is 13.1 Å². The van der Waals surface area contributed by atoms with Gasteiger partial charge in [0.25, 0.3) is 5.91 Å². The van der Waals surface area contributed by atoms with Crippen LogP contribution in [0.5, 0.6) is 0 Å². The van der Waals surface area contributed by atoms with Gasteiger partial charge in [0.05, 0.1) is 23.1 Å². The Bertz CT molecular complexity index is 767. The first-order valence-corrected chi connectivity index (χ1v) is 9.27. The maximum absolute atomic E-state index is 13.2. The summed E-state index contributed by atoms with van der Waals surface area (Å²) >= 11 is 0. The fourth-order valence-electron chi connectivity index (χ4n) is 3.66. The molecule has 0 spiro atoms. The lowest BCUT2D eigenvalue weighted by atomic mass is 9.91. The van der Waals surface area contributed by atoms with Crippen molar-refractivity contribution < 1.29 is 9.18 Å². The lowest BCUT2D eigenvalue weighted by Crippen LogP contribution is -2.45. The van der Waals surface area contributed by atoms with E-state index in [4.69, 9.17) is 5.73 Å². The Labute approximate surface area is 154 Å². The topological polar surface area (TPSA) is 64.2 Å². The molecule has 6 heteroatoms. The highest BCUT2D eigenvalue weighted by Gasteiger charge is 2.30. The van der Waals surface area contributed by atoms with Crippen LogP contribution in [0.2, 0.25) is 0 Å². The van der Waals surface area contributed by atoms with Gasteiger partial charge in [0.1, 0.15) is 5.82 Å². The van der Waals surface area contributed by atoms with E-state index in [0.717, 1.165) is 30.8 Å². The maximum atomic E-state index is 13.2. The predicted octanol–water partition coefficient (Wildman–Crippen LogP) is 3.33. The molecule has 26 heavy (non-hydrogen) atoms. The third-order valence-corrected chi connectivity index (χ3v) is 5.14. The molecule has 0 radical (unpaired) electrons. The van der Waals surface area contributed by atoms with Gasteiger partial charge >= 0.3 is 0 Å². The van der Waals surface area contributed by atoms with Crippen LogP contribution in [0, 0.1) is 11.7 Å². The molecule has 2 aromatic rings. The molecule has 3 rings (SSSR count). The second-order valence-corrected chi connectivity index (χ2v) is 7.50. The zero-order valence-electron chi connectivity index (χ0n) is 15.7. The third-order valence-electron chi connectivity index (χ3n) is 5.14. The Morgan fingerprint density at radius 1 is 1.27 bits per heavy atom. The fourth-order valence-corrected chi connectivity index (χ4v) is 3.66. The number of halogens is 1.